The molecule has 0 saturated carbocycles. The van der Waals surface area contributed by atoms with Crippen LogP contribution >= 0.6 is 0 Å². The molecule has 20 heavy (non-hydrogen) atoms. The van der Waals surface area contributed by atoms with Crippen LogP contribution in [0, 0.1) is 20.8 Å². The Hall–Kier alpha value is -2.30. The number of amides is 1. The van der Waals surface area contributed by atoms with Crippen LogP contribution in [0.1, 0.15) is 16.7 Å². The summed E-state index contributed by atoms with van der Waals surface area (Å²) in [4.78, 5) is 23.0. The number of rotatable bonds is 3. The molecule has 0 spiro atoms. The van der Waals surface area contributed by atoms with Crippen molar-refractivity contribution in [1.29, 1.82) is 0 Å². The van der Waals surface area contributed by atoms with E-state index in [1.807, 2.05) is 13.0 Å². The lowest BCUT2D eigenvalue weighted by atomic mass is 10.0. The molecule has 1 heterocycles. The number of carbonyl (C=O) groups excluding carboxylic acids is 1. The lowest BCUT2D eigenvalue weighted by molar-refractivity contribution is -0.122. The predicted octanol–water partition coefficient (Wildman–Crippen LogP) is 1.84. The maximum atomic E-state index is 11.8. The topological polar surface area (TPSA) is 68.5 Å². The van der Waals surface area contributed by atoms with E-state index in [-0.39, 0.29) is 18.1 Å². The third-order valence-electron chi connectivity index (χ3n) is 3.46. The Morgan fingerprint density at radius 3 is 2.55 bits per heavy atom. The minimum absolute atomic E-state index is 0.0715. The van der Waals surface area contributed by atoms with E-state index in [2.05, 4.69) is 5.32 Å². The van der Waals surface area contributed by atoms with Crippen LogP contribution in [-0.2, 0) is 4.79 Å². The van der Waals surface area contributed by atoms with Crippen molar-refractivity contribution in [2.24, 2.45) is 0 Å². The summed E-state index contributed by atoms with van der Waals surface area (Å²) >= 11 is 0. The Morgan fingerprint density at radius 1 is 1.20 bits per heavy atom. The lowest BCUT2D eigenvalue weighted by Gasteiger charge is -2.11. The molecule has 0 unspecified atom stereocenters. The minimum atomic E-state index is -0.346. The zero-order chi connectivity index (χ0) is 14.9. The average Bonchev–Trinajstić information content (AvgIpc) is 2.44. The highest BCUT2D eigenvalue weighted by Gasteiger charge is 2.13. The van der Waals surface area contributed by atoms with Crippen LogP contribution in [0.15, 0.2) is 21.3 Å². The van der Waals surface area contributed by atoms with Crippen molar-refractivity contribution in [3.8, 4) is 5.75 Å². The average molecular weight is 275 g/mol. The van der Waals surface area contributed by atoms with Crippen LogP contribution < -0.4 is 15.7 Å². The van der Waals surface area contributed by atoms with Crippen molar-refractivity contribution < 1.29 is 13.9 Å². The molecule has 1 N–H and O–H groups in total. The SMILES string of the molecule is CNC(=O)COc1ccc2c(C)c(C)c(=O)oc2c1C. The largest absolute Gasteiger partial charge is 0.483 e. The van der Waals surface area contributed by atoms with E-state index in [0.29, 0.717) is 22.5 Å². The molecular formula is C15H17NO4. The van der Waals surface area contributed by atoms with E-state index >= 15 is 0 Å². The van der Waals surface area contributed by atoms with Gasteiger partial charge in [-0.15, -0.1) is 0 Å². The minimum Gasteiger partial charge on any atom is -0.483 e. The van der Waals surface area contributed by atoms with Crippen molar-refractivity contribution in [3.63, 3.8) is 0 Å². The van der Waals surface area contributed by atoms with Gasteiger partial charge in [0.05, 0.1) is 0 Å². The van der Waals surface area contributed by atoms with E-state index < -0.39 is 0 Å². The Morgan fingerprint density at radius 2 is 1.90 bits per heavy atom. The number of aryl methyl sites for hydroxylation is 2. The second-order valence-corrected chi connectivity index (χ2v) is 4.67. The first-order valence-electron chi connectivity index (χ1n) is 6.32. The molecule has 0 radical (unpaired) electrons. The van der Waals surface area contributed by atoms with Crippen LogP contribution in [0.2, 0.25) is 0 Å². The second kappa shape index (κ2) is 5.36. The van der Waals surface area contributed by atoms with Crippen LogP contribution in [0.3, 0.4) is 0 Å². The van der Waals surface area contributed by atoms with Gasteiger partial charge in [-0.25, -0.2) is 4.79 Å². The van der Waals surface area contributed by atoms with Gasteiger partial charge in [0, 0.05) is 23.6 Å². The number of nitrogens with one attached hydrogen (secondary N) is 1. The fourth-order valence-electron chi connectivity index (χ4n) is 2.00. The van der Waals surface area contributed by atoms with Crippen molar-refractivity contribution in [2.75, 3.05) is 13.7 Å². The molecule has 1 aromatic heterocycles. The van der Waals surface area contributed by atoms with E-state index in [1.54, 1.807) is 27.0 Å². The van der Waals surface area contributed by atoms with Crippen molar-refractivity contribution in [1.82, 2.24) is 5.32 Å². The maximum absolute atomic E-state index is 11.8. The molecule has 0 saturated heterocycles. The molecule has 0 aliphatic heterocycles. The third kappa shape index (κ3) is 2.39. The summed E-state index contributed by atoms with van der Waals surface area (Å²) in [6, 6.07) is 3.62. The van der Waals surface area contributed by atoms with Gasteiger partial charge in [-0.1, -0.05) is 0 Å². The van der Waals surface area contributed by atoms with Crippen LogP contribution in [-0.4, -0.2) is 19.6 Å². The van der Waals surface area contributed by atoms with Crippen molar-refractivity contribution in [2.45, 2.75) is 20.8 Å². The van der Waals surface area contributed by atoms with E-state index in [4.69, 9.17) is 9.15 Å². The molecule has 0 aliphatic rings. The number of ether oxygens (including phenoxy) is 1. The highest BCUT2D eigenvalue weighted by Crippen LogP contribution is 2.29. The molecule has 5 nitrogen and oxygen atoms in total. The molecule has 1 aromatic carbocycles. The smallest absolute Gasteiger partial charge is 0.339 e. The van der Waals surface area contributed by atoms with Gasteiger partial charge in [0.2, 0.25) is 0 Å². The summed E-state index contributed by atoms with van der Waals surface area (Å²) < 4.78 is 10.8. The maximum Gasteiger partial charge on any atom is 0.339 e. The molecule has 2 rings (SSSR count). The number of benzene rings is 1. The predicted molar refractivity (Wildman–Crippen MR) is 76.3 cm³/mol. The molecule has 5 heteroatoms. The first-order chi connectivity index (χ1) is 9.45. The summed E-state index contributed by atoms with van der Waals surface area (Å²) in [5, 5.41) is 3.36. The van der Waals surface area contributed by atoms with Crippen LogP contribution in [0.4, 0.5) is 0 Å². The molecule has 1 amide bonds. The second-order valence-electron chi connectivity index (χ2n) is 4.67. The summed E-state index contributed by atoms with van der Waals surface area (Å²) in [5.41, 5.74) is 2.38. The molecular weight excluding hydrogens is 258 g/mol. The first-order valence-corrected chi connectivity index (χ1v) is 6.32. The van der Waals surface area contributed by atoms with E-state index in [1.165, 1.54) is 0 Å². The summed E-state index contributed by atoms with van der Waals surface area (Å²) in [6.07, 6.45) is 0. The first kappa shape index (κ1) is 14.1. The van der Waals surface area contributed by atoms with E-state index in [9.17, 15) is 9.59 Å². The molecule has 0 fully saturated rings. The molecule has 0 atom stereocenters. The number of fused-ring (bicyclic) bond motifs is 1. The highest BCUT2D eigenvalue weighted by molar-refractivity contribution is 5.85. The third-order valence-corrected chi connectivity index (χ3v) is 3.46. The Bertz CT molecular complexity index is 731. The Kier molecular flexibility index (Phi) is 3.79. The fourth-order valence-corrected chi connectivity index (χ4v) is 2.00. The van der Waals surface area contributed by atoms with Crippen LogP contribution in [0.25, 0.3) is 11.0 Å². The Balaban J connectivity index is 2.51. The fraction of sp³-hybridized carbons (Fsp3) is 0.333. The van der Waals surface area contributed by atoms with Gasteiger partial charge in [-0.2, -0.15) is 0 Å². The summed E-state index contributed by atoms with van der Waals surface area (Å²) in [6.45, 7) is 5.36. The van der Waals surface area contributed by atoms with Gasteiger partial charge in [0.25, 0.3) is 5.91 Å². The Labute approximate surface area is 116 Å². The summed E-state index contributed by atoms with van der Waals surface area (Å²) in [7, 11) is 1.55. The lowest BCUT2D eigenvalue weighted by Crippen LogP contribution is -2.25. The zero-order valence-corrected chi connectivity index (χ0v) is 12.0. The number of carbonyl (C=O) groups is 1. The summed E-state index contributed by atoms with van der Waals surface area (Å²) in [5.74, 6) is 0.318. The van der Waals surface area contributed by atoms with E-state index in [0.717, 1.165) is 10.9 Å². The molecule has 106 valence electrons. The quantitative estimate of drug-likeness (QED) is 0.868. The number of hydrogen-bond donors (Lipinski definition) is 1. The normalized spacial score (nSPS) is 10.6. The standard InChI is InChI=1S/C15H17NO4/c1-8-9(2)15(18)20-14-10(3)12(6-5-11(8)14)19-7-13(17)16-4/h5-6H,7H2,1-4H3,(H,16,17). The van der Waals surface area contributed by atoms with Crippen molar-refractivity contribution >= 4 is 16.9 Å². The van der Waals surface area contributed by atoms with Gasteiger partial charge in [-0.05, 0) is 38.5 Å². The monoisotopic (exact) mass is 275 g/mol. The van der Waals surface area contributed by atoms with Gasteiger partial charge in [0.15, 0.2) is 6.61 Å². The highest BCUT2D eigenvalue weighted by atomic mass is 16.5. The zero-order valence-electron chi connectivity index (χ0n) is 12.0. The number of hydrogen-bond acceptors (Lipinski definition) is 4. The molecule has 0 aliphatic carbocycles. The van der Waals surface area contributed by atoms with Gasteiger partial charge >= 0.3 is 5.63 Å². The molecule has 2 aromatic rings. The van der Waals surface area contributed by atoms with Crippen molar-refractivity contribution in [3.05, 3.63) is 39.2 Å². The van der Waals surface area contributed by atoms with Gasteiger partial charge in [0.1, 0.15) is 11.3 Å². The van der Waals surface area contributed by atoms with Gasteiger partial charge in [-0.3, -0.25) is 4.79 Å². The number of likely N-dealkylation sites (N-methyl/N-ethyl adjacent to an activating group) is 1. The van der Waals surface area contributed by atoms with Gasteiger partial charge < -0.3 is 14.5 Å². The van der Waals surface area contributed by atoms with Crippen LogP contribution in [0.5, 0.6) is 5.75 Å². The molecule has 0 bridgehead atoms.